The zero-order chi connectivity index (χ0) is 23.3. The van der Waals surface area contributed by atoms with Crippen molar-refractivity contribution >= 4 is 29.0 Å². The van der Waals surface area contributed by atoms with E-state index in [0.29, 0.717) is 22.8 Å². The molecule has 1 unspecified atom stereocenters. The van der Waals surface area contributed by atoms with Crippen molar-refractivity contribution in [2.24, 2.45) is 0 Å². The van der Waals surface area contributed by atoms with Gasteiger partial charge in [-0.15, -0.1) is 0 Å². The maximum atomic E-state index is 13.1. The van der Waals surface area contributed by atoms with Gasteiger partial charge in [0.05, 0.1) is 28.1 Å². The zero-order valence-electron chi connectivity index (χ0n) is 17.5. The fourth-order valence-corrected chi connectivity index (χ4v) is 4.61. The third kappa shape index (κ3) is 3.30. The van der Waals surface area contributed by atoms with Gasteiger partial charge < -0.3 is 14.6 Å². The van der Waals surface area contributed by atoms with E-state index in [9.17, 15) is 20.0 Å². The van der Waals surface area contributed by atoms with Crippen molar-refractivity contribution in [3.05, 3.63) is 52.1 Å². The topological polar surface area (TPSA) is 135 Å². The van der Waals surface area contributed by atoms with Crippen molar-refractivity contribution in [1.29, 1.82) is 0 Å². The predicted octanol–water partition coefficient (Wildman–Crippen LogP) is 2.17. The molecule has 1 amide bonds. The van der Waals surface area contributed by atoms with Crippen LogP contribution in [0.1, 0.15) is 25.6 Å². The van der Waals surface area contributed by atoms with Gasteiger partial charge in [-0.1, -0.05) is 35.5 Å². The van der Waals surface area contributed by atoms with Gasteiger partial charge in [-0.05, 0) is 17.9 Å². The first-order chi connectivity index (χ1) is 15.9. The summed E-state index contributed by atoms with van der Waals surface area (Å²) in [6.45, 7) is 3.17. The molecular formula is C21H17N5O6S. The van der Waals surface area contributed by atoms with E-state index in [-0.39, 0.29) is 40.6 Å². The maximum Gasteiger partial charge on any atom is 0.299 e. The monoisotopic (exact) mass is 467 g/mol. The smallest absolute Gasteiger partial charge is 0.299 e. The van der Waals surface area contributed by atoms with Gasteiger partial charge in [0.25, 0.3) is 22.7 Å². The number of fused-ring (bicyclic) bond motifs is 4. The van der Waals surface area contributed by atoms with E-state index >= 15 is 0 Å². The Bertz CT molecular complexity index is 1320. The highest BCUT2D eigenvalue weighted by Crippen LogP contribution is 2.45. The van der Waals surface area contributed by atoms with Crippen LogP contribution in [0.2, 0.25) is 0 Å². The molecule has 0 radical (unpaired) electrons. The SMILES string of the molecule is CCSc1nc([O-])c2[n+](n1)C(c1cc3c(cc1[N+](=O)[O-])OCO3)N(C(C)=O)c1ccccc1-2. The second-order valence-electron chi connectivity index (χ2n) is 7.23. The van der Waals surface area contributed by atoms with Gasteiger partial charge in [-0.3, -0.25) is 14.9 Å². The van der Waals surface area contributed by atoms with Gasteiger partial charge in [-0.2, -0.15) is 0 Å². The van der Waals surface area contributed by atoms with E-state index < -0.39 is 17.0 Å². The lowest BCUT2D eigenvalue weighted by atomic mass is 10.00. The number of carbonyl (C=O) groups excluding carboxylic acids is 1. The Morgan fingerprint density at radius 1 is 1.30 bits per heavy atom. The highest BCUT2D eigenvalue weighted by Gasteiger charge is 2.47. The Morgan fingerprint density at radius 2 is 2.03 bits per heavy atom. The first kappa shape index (κ1) is 20.9. The zero-order valence-corrected chi connectivity index (χ0v) is 18.4. The summed E-state index contributed by atoms with van der Waals surface area (Å²) >= 11 is 1.26. The summed E-state index contributed by atoms with van der Waals surface area (Å²) in [6, 6.07) is 9.56. The number of nitrogens with zero attached hydrogens (tertiary/aromatic N) is 5. The summed E-state index contributed by atoms with van der Waals surface area (Å²) in [5.41, 5.74) is 0.874. The Morgan fingerprint density at radius 3 is 2.73 bits per heavy atom. The van der Waals surface area contributed by atoms with Crippen LogP contribution < -0.4 is 24.2 Å². The number of nitro groups is 1. The Balaban J connectivity index is 1.86. The number of hydrogen-bond acceptors (Lipinski definition) is 9. The number of carbonyl (C=O) groups is 1. The van der Waals surface area contributed by atoms with Gasteiger partial charge >= 0.3 is 0 Å². The van der Waals surface area contributed by atoms with Gasteiger partial charge in [0, 0.05) is 18.1 Å². The van der Waals surface area contributed by atoms with E-state index in [1.807, 2.05) is 6.92 Å². The molecule has 168 valence electrons. The standard InChI is InChI=1S/C21H17N5O6S/c1-3-33-21-22-19(28)18-12-6-4-5-7-14(12)24(11(2)27)20(25(18)23-21)13-8-16-17(32-10-31-16)9-15(13)26(29)30/h4-9,20H,3,10H2,1-2H3. The molecule has 33 heavy (non-hydrogen) atoms. The molecule has 0 aliphatic carbocycles. The maximum absolute atomic E-state index is 13.1. The van der Waals surface area contributed by atoms with E-state index in [4.69, 9.17) is 9.47 Å². The molecule has 2 aliphatic rings. The van der Waals surface area contributed by atoms with Crippen molar-refractivity contribution in [3.8, 4) is 28.6 Å². The molecular weight excluding hydrogens is 450 g/mol. The molecule has 2 aromatic carbocycles. The summed E-state index contributed by atoms with van der Waals surface area (Å²) in [7, 11) is 0. The first-order valence-electron chi connectivity index (χ1n) is 10.0. The number of amides is 1. The van der Waals surface area contributed by atoms with Crippen molar-refractivity contribution in [2.45, 2.75) is 25.2 Å². The highest BCUT2D eigenvalue weighted by molar-refractivity contribution is 7.99. The van der Waals surface area contributed by atoms with Gasteiger partial charge in [0.1, 0.15) is 5.56 Å². The minimum absolute atomic E-state index is 0.0756. The van der Waals surface area contributed by atoms with E-state index in [1.165, 1.54) is 40.4 Å². The minimum Gasteiger partial charge on any atom is -0.854 e. The number of ether oxygens (including phenoxy) is 2. The van der Waals surface area contributed by atoms with Crippen molar-refractivity contribution in [2.75, 3.05) is 17.4 Å². The van der Waals surface area contributed by atoms with Crippen LogP contribution in [0.3, 0.4) is 0 Å². The van der Waals surface area contributed by atoms with E-state index in [0.717, 1.165) is 0 Å². The summed E-state index contributed by atoms with van der Waals surface area (Å²) in [5.74, 6) is 0.231. The van der Waals surface area contributed by atoms with Crippen molar-refractivity contribution in [3.63, 3.8) is 0 Å². The van der Waals surface area contributed by atoms with Crippen LogP contribution in [0.4, 0.5) is 11.4 Å². The highest BCUT2D eigenvalue weighted by atomic mass is 32.2. The number of aromatic nitrogens is 3. The van der Waals surface area contributed by atoms with E-state index in [2.05, 4.69) is 10.1 Å². The number of benzene rings is 2. The second-order valence-corrected chi connectivity index (χ2v) is 8.46. The molecule has 0 spiro atoms. The summed E-state index contributed by atoms with van der Waals surface area (Å²) < 4.78 is 12.1. The van der Waals surface area contributed by atoms with Crippen LogP contribution in [-0.2, 0) is 4.79 Å². The Kier molecular flexibility index (Phi) is 5.01. The quantitative estimate of drug-likeness (QED) is 0.245. The molecule has 0 saturated heterocycles. The summed E-state index contributed by atoms with van der Waals surface area (Å²) in [6.07, 6.45) is -1.12. The molecule has 12 heteroatoms. The van der Waals surface area contributed by atoms with Crippen LogP contribution in [0.15, 0.2) is 41.6 Å². The average Bonchev–Trinajstić information content (AvgIpc) is 3.24. The Labute approximate surface area is 191 Å². The molecule has 0 bridgehead atoms. The normalized spacial score (nSPS) is 15.7. The molecule has 2 aliphatic heterocycles. The summed E-state index contributed by atoms with van der Waals surface area (Å²) in [5, 5.41) is 29.9. The number of anilines is 1. The summed E-state index contributed by atoms with van der Waals surface area (Å²) in [4.78, 5) is 29.9. The van der Waals surface area contributed by atoms with Crippen LogP contribution in [0, 0.1) is 10.1 Å². The molecule has 1 aromatic heterocycles. The van der Waals surface area contributed by atoms with Crippen LogP contribution >= 0.6 is 11.8 Å². The van der Waals surface area contributed by atoms with Crippen LogP contribution in [0.5, 0.6) is 17.4 Å². The second kappa shape index (κ2) is 7.89. The van der Waals surface area contributed by atoms with Crippen molar-refractivity contribution in [1.82, 2.24) is 10.1 Å². The van der Waals surface area contributed by atoms with Gasteiger partial charge in [-0.25, -0.2) is 9.88 Å². The largest absolute Gasteiger partial charge is 0.854 e. The van der Waals surface area contributed by atoms with Gasteiger partial charge in [0.2, 0.25) is 12.7 Å². The third-order valence-corrected chi connectivity index (χ3v) is 6.05. The van der Waals surface area contributed by atoms with Crippen LogP contribution in [-0.4, -0.2) is 33.5 Å². The number of para-hydroxylation sites is 1. The average molecular weight is 467 g/mol. The number of hydrogen-bond donors (Lipinski definition) is 0. The lowest BCUT2D eigenvalue weighted by Crippen LogP contribution is -2.59. The number of rotatable bonds is 4. The molecule has 3 aromatic rings. The molecule has 1 atom stereocenters. The predicted molar refractivity (Wildman–Crippen MR) is 114 cm³/mol. The molecule has 0 N–H and O–H groups in total. The van der Waals surface area contributed by atoms with E-state index in [1.54, 1.807) is 24.3 Å². The fourth-order valence-electron chi connectivity index (χ4n) is 4.06. The molecule has 3 heterocycles. The lowest BCUT2D eigenvalue weighted by molar-refractivity contribution is -0.764. The Hall–Kier alpha value is -3.93. The van der Waals surface area contributed by atoms with Crippen molar-refractivity contribution < 1.29 is 29.0 Å². The number of thioether (sulfide) groups is 1. The molecule has 0 fully saturated rings. The van der Waals surface area contributed by atoms with Gasteiger partial charge in [0.15, 0.2) is 11.5 Å². The molecule has 11 nitrogen and oxygen atoms in total. The lowest BCUT2D eigenvalue weighted by Gasteiger charge is -2.32. The molecule has 0 saturated carbocycles. The minimum atomic E-state index is -1.12. The number of nitro benzene ring substituents is 1. The third-order valence-electron chi connectivity index (χ3n) is 5.33. The molecule has 5 rings (SSSR count). The fraction of sp³-hybridized carbons (Fsp3) is 0.238. The van der Waals surface area contributed by atoms with Crippen LogP contribution in [0.25, 0.3) is 11.3 Å². The first-order valence-corrected chi connectivity index (χ1v) is 11.0.